The maximum atomic E-state index is 12.2. The SMILES string of the molecule is CCOC(=O)C1CC(=O)C(C(CC)=NCCOC)C(=O)C1. The van der Waals surface area contributed by atoms with Crippen LogP contribution < -0.4 is 0 Å². The summed E-state index contributed by atoms with van der Waals surface area (Å²) in [6.07, 6.45) is 0.646. The Morgan fingerprint density at radius 1 is 1.24 bits per heavy atom. The van der Waals surface area contributed by atoms with Crippen molar-refractivity contribution < 1.29 is 23.9 Å². The number of carbonyl (C=O) groups excluding carboxylic acids is 3. The number of ketones is 2. The first-order chi connectivity index (χ1) is 10.0. The van der Waals surface area contributed by atoms with Crippen LogP contribution in [-0.2, 0) is 23.9 Å². The quantitative estimate of drug-likeness (QED) is 0.305. The molecule has 21 heavy (non-hydrogen) atoms. The van der Waals surface area contributed by atoms with Gasteiger partial charge in [-0.1, -0.05) is 6.92 Å². The zero-order valence-electron chi connectivity index (χ0n) is 12.9. The fourth-order valence-electron chi connectivity index (χ4n) is 2.46. The van der Waals surface area contributed by atoms with Crippen LogP contribution in [0, 0.1) is 11.8 Å². The van der Waals surface area contributed by atoms with E-state index < -0.39 is 17.8 Å². The molecule has 0 unspecified atom stereocenters. The normalized spacial score (nSPS) is 23.3. The number of methoxy groups -OCH3 is 1. The third-order valence-corrected chi connectivity index (χ3v) is 3.46. The summed E-state index contributed by atoms with van der Waals surface area (Å²) in [7, 11) is 1.57. The number of carbonyl (C=O) groups is 3. The average molecular weight is 297 g/mol. The summed E-state index contributed by atoms with van der Waals surface area (Å²) in [6.45, 7) is 4.69. The summed E-state index contributed by atoms with van der Waals surface area (Å²) in [5.74, 6) is -2.37. The van der Waals surface area contributed by atoms with Crippen LogP contribution in [0.1, 0.15) is 33.1 Å². The Hall–Kier alpha value is -1.56. The first-order valence-electron chi connectivity index (χ1n) is 7.29. The molecule has 0 saturated heterocycles. The number of nitrogens with zero attached hydrogens (tertiary/aromatic N) is 1. The average Bonchev–Trinajstić information content (AvgIpc) is 2.45. The van der Waals surface area contributed by atoms with Gasteiger partial charge in [-0.05, 0) is 13.3 Å². The third kappa shape index (κ3) is 4.74. The lowest BCUT2D eigenvalue weighted by atomic mass is 9.77. The molecule has 0 heterocycles. The monoisotopic (exact) mass is 297 g/mol. The van der Waals surface area contributed by atoms with Gasteiger partial charge < -0.3 is 9.47 Å². The zero-order valence-corrected chi connectivity index (χ0v) is 12.9. The summed E-state index contributed by atoms with van der Waals surface area (Å²) in [5.41, 5.74) is 0.587. The van der Waals surface area contributed by atoms with Gasteiger partial charge in [-0.25, -0.2) is 0 Å². The molecule has 6 heteroatoms. The maximum Gasteiger partial charge on any atom is 0.309 e. The Balaban J connectivity index is 2.78. The van der Waals surface area contributed by atoms with E-state index in [2.05, 4.69) is 4.99 Å². The van der Waals surface area contributed by atoms with Crippen molar-refractivity contribution in [2.24, 2.45) is 16.8 Å². The van der Waals surface area contributed by atoms with Crippen LogP contribution in [0.3, 0.4) is 0 Å². The molecule has 0 aliphatic heterocycles. The van der Waals surface area contributed by atoms with Gasteiger partial charge in [-0.15, -0.1) is 0 Å². The Morgan fingerprint density at radius 3 is 2.33 bits per heavy atom. The van der Waals surface area contributed by atoms with E-state index in [1.165, 1.54) is 0 Å². The molecule has 1 saturated carbocycles. The van der Waals surface area contributed by atoms with E-state index in [0.717, 1.165) is 0 Å². The minimum Gasteiger partial charge on any atom is -0.466 e. The van der Waals surface area contributed by atoms with Crippen molar-refractivity contribution in [2.45, 2.75) is 33.1 Å². The highest BCUT2D eigenvalue weighted by Gasteiger charge is 2.40. The van der Waals surface area contributed by atoms with Crippen molar-refractivity contribution in [2.75, 3.05) is 26.9 Å². The molecule has 6 nitrogen and oxygen atoms in total. The Morgan fingerprint density at radius 2 is 1.86 bits per heavy atom. The van der Waals surface area contributed by atoms with Gasteiger partial charge in [-0.2, -0.15) is 0 Å². The van der Waals surface area contributed by atoms with E-state index in [-0.39, 0.29) is 31.0 Å². The van der Waals surface area contributed by atoms with Crippen molar-refractivity contribution in [3.05, 3.63) is 0 Å². The van der Waals surface area contributed by atoms with E-state index in [1.54, 1.807) is 14.0 Å². The number of rotatable bonds is 7. The van der Waals surface area contributed by atoms with Crippen LogP contribution in [-0.4, -0.2) is 50.1 Å². The molecule has 1 aliphatic rings. The minimum atomic E-state index is -0.794. The van der Waals surface area contributed by atoms with Crippen molar-refractivity contribution in [3.63, 3.8) is 0 Å². The number of Topliss-reactive ketones (excluding diaryl/α,β-unsaturated/α-hetero) is 2. The van der Waals surface area contributed by atoms with E-state index >= 15 is 0 Å². The number of hydrogen-bond donors (Lipinski definition) is 0. The second-order valence-electron chi connectivity index (χ2n) is 4.94. The first kappa shape index (κ1) is 17.5. The van der Waals surface area contributed by atoms with Gasteiger partial charge in [0.15, 0.2) is 0 Å². The molecule has 0 spiro atoms. The summed E-state index contributed by atoms with van der Waals surface area (Å²) in [5, 5.41) is 0. The molecule has 1 aliphatic carbocycles. The van der Waals surface area contributed by atoms with Crippen molar-refractivity contribution in [1.29, 1.82) is 0 Å². The highest BCUT2D eigenvalue weighted by Crippen LogP contribution is 2.26. The summed E-state index contributed by atoms with van der Waals surface area (Å²) >= 11 is 0. The number of hydrogen-bond acceptors (Lipinski definition) is 6. The van der Waals surface area contributed by atoms with Gasteiger partial charge in [0.25, 0.3) is 0 Å². The zero-order chi connectivity index (χ0) is 15.8. The number of ether oxygens (including phenoxy) is 2. The van der Waals surface area contributed by atoms with Crippen molar-refractivity contribution >= 4 is 23.2 Å². The summed E-state index contributed by atoms with van der Waals surface area (Å²) < 4.78 is 9.80. The molecule has 1 fully saturated rings. The Kier molecular flexibility index (Phi) is 7.22. The molecular formula is C15H23NO5. The smallest absolute Gasteiger partial charge is 0.309 e. The molecule has 0 aromatic rings. The molecule has 0 amide bonds. The molecule has 1 rings (SSSR count). The molecule has 0 aromatic heterocycles. The van der Waals surface area contributed by atoms with Gasteiger partial charge in [-0.3, -0.25) is 19.4 Å². The van der Waals surface area contributed by atoms with Crippen molar-refractivity contribution in [3.8, 4) is 0 Å². The van der Waals surface area contributed by atoms with E-state index in [9.17, 15) is 14.4 Å². The van der Waals surface area contributed by atoms with Gasteiger partial charge >= 0.3 is 5.97 Å². The highest BCUT2D eigenvalue weighted by atomic mass is 16.5. The molecule has 0 aromatic carbocycles. The van der Waals surface area contributed by atoms with Crippen molar-refractivity contribution in [1.82, 2.24) is 0 Å². The third-order valence-electron chi connectivity index (χ3n) is 3.46. The fraction of sp³-hybridized carbons (Fsp3) is 0.733. The fourth-order valence-corrected chi connectivity index (χ4v) is 2.46. The van der Waals surface area contributed by atoms with Crippen LogP contribution in [0.4, 0.5) is 0 Å². The highest BCUT2D eigenvalue weighted by molar-refractivity contribution is 6.23. The molecule has 118 valence electrons. The largest absolute Gasteiger partial charge is 0.466 e. The van der Waals surface area contributed by atoms with Gasteiger partial charge in [0.2, 0.25) is 0 Å². The second-order valence-corrected chi connectivity index (χ2v) is 4.94. The number of esters is 1. The molecule has 0 bridgehead atoms. The van der Waals surface area contributed by atoms with E-state index in [0.29, 0.717) is 25.3 Å². The van der Waals surface area contributed by atoms with Crippen LogP contribution in [0.25, 0.3) is 0 Å². The van der Waals surface area contributed by atoms with Gasteiger partial charge in [0.05, 0.1) is 25.7 Å². The first-order valence-corrected chi connectivity index (χ1v) is 7.29. The van der Waals surface area contributed by atoms with Crippen LogP contribution in [0.5, 0.6) is 0 Å². The van der Waals surface area contributed by atoms with Gasteiger partial charge in [0, 0.05) is 25.7 Å². The van der Waals surface area contributed by atoms with E-state index in [1.807, 2.05) is 6.92 Å². The number of aliphatic imine (C=N–C) groups is 1. The maximum absolute atomic E-state index is 12.2. The molecular weight excluding hydrogens is 274 g/mol. The lowest BCUT2D eigenvalue weighted by Crippen LogP contribution is -2.41. The molecule has 0 atom stereocenters. The van der Waals surface area contributed by atoms with Crippen LogP contribution in [0.2, 0.25) is 0 Å². The molecule has 0 N–H and O–H groups in total. The standard InChI is InChI=1S/C15H23NO5/c1-4-11(16-6-7-20-3)14-12(17)8-10(9-13(14)18)15(19)21-5-2/h10,14H,4-9H2,1-3H3. The topological polar surface area (TPSA) is 82.0 Å². The van der Waals surface area contributed by atoms with Crippen LogP contribution >= 0.6 is 0 Å². The predicted octanol–water partition coefficient (Wildman–Crippen LogP) is 1.21. The predicted molar refractivity (Wildman–Crippen MR) is 77.3 cm³/mol. The Bertz CT molecular complexity index is 412. The Labute approximate surface area is 124 Å². The lowest BCUT2D eigenvalue weighted by molar-refractivity contribution is -0.153. The van der Waals surface area contributed by atoms with Gasteiger partial charge in [0.1, 0.15) is 17.5 Å². The van der Waals surface area contributed by atoms with E-state index in [4.69, 9.17) is 9.47 Å². The molecule has 0 radical (unpaired) electrons. The second kappa shape index (κ2) is 8.67. The van der Waals surface area contributed by atoms with Crippen LogP contribution in [0.15, 0.2) is 4.99 Å². The minimum absolute atomic E-state index is 0.0541. The lowest BCUT2D eigenvalue weighted by Gasteiger charge is -2.25. The summed E-state index contributed by atoms with van der Waals surface area (Å²) in [4.78, 5) is 40.4. The summed E-state index contributed by atoms with van der Waals surface area (Å²) in [6, 6.07) is 0.